The van der Waals surface area contributed by atoms with E-state index >= 15 is 0 Å². The third-order valence-electron chi connectivity index (χ3n) is 3.45. The summed E-state index contributed by atoms with van der Waals surface area (Å²) in [7, 11) is -1.09. The van der Waals surface area contributed by atoms with E-state index in [1.807, 2.05) is 30.3 Å². The molecule has 1 aromatic carbocycles. The fraction of sp³-hybridized carbons (Fsp3) is 0.462. The summed E-state index contributed by atoms with van der Waals surface area (Å²) in [6, 6.07) is 8.88. The molecule has 0 heterocycles. The summed E-state index contributed by atoms with van der Waals surface area (Å²) >= 11 is 0. The van der Waals surface area contributed by atoms with Gasteiger partial charge in [0, 0.05) is 16.2 Å². The fourth-order valence-corrected chi connectivity index (χ4v) is 3.97. The van der Waals surface area contributed by atoms with E-state index in [-0.39, 0.29) is 5.25 Å². The molecule has 0 saturated heterocycles. The molecule has 18 heavy (non-hydrogen) atoms. The second-order valence-corrected chi connectivity index (χ2v) is 6.39. The maximum Gasteiger partial charge on any atom is 0.308 e. The van der Waals surface area contributed by atoms with Crippen molar-refractivity contribution in [2.24, 2.45) is 11.7 Å². The lowest BCUT2D eigenvalue weighted by molar-refractivity contribution is -0.143. The van der Waals surface area contributed by atoms with Gasteiger partial charge in [-0.2, -0.15) is 0 Å². The van der Waals surface area contributed by atoms with Crippen LogP contribution in [0.15, 0.2) is 35.2 Å². The van der Waals surface area contributed by atoms with Crippen LogP contribution in [0, 0.1) is 5.92 Å². The summed E-state index contributed by atoms with van der Waals surface area (Å²) in [6.07, 6.45) is 1.68. The second-order valence-electron chi connectivity index (χ2n) is 4.65. The number of nitrogens with two attached hydrogens (primary N) is 1. The largest absolute Gasteiger partial charge is 0.481 e. The van der Waals surface area contributed by atoms with Crippen molar-refractivity contribution in [2.45, 2.75) is 35.4 Å². The first-order valence-corrected chi connectivity index (χ1v) is 7.25. The third kappa shape index (κ3) is 2.79. The molecular formula is C13H17NO3S. The topological polar surface area (TPSA) is 80.4 Å². The number of rotatable bonds is 3. The Labute approximate surface area is 109 Å². The molecule has 1 aliphatic rings. The predicted molar refractivity (Wildman–Crippen MR) is 69.6 cm³/mol. The zero-order valence-electron chi connectivity index (χ0n) is 9.99. The highest BCUT2D eigenvalue weighted by Gasteiger charge is 2.35. The summed E-state index contributed by atoms with van der Waals surface area (Å²) in [5.41, 5.74) is 5.87. The van der Waals surface area contributed by atoms with Crippen molar-refractivity contribution in [3.63, 3.8) is 0 Å². The molecule has 98 valence electrons. The van der Waals surface area contributed by atoms with Crippen LogP contribution in [0.2, 0.25) is 0 Å². The van der Waals surface area contributed by atoms with Crippen LogP contribution >= 0.6 is 0 Å². The Morgan fingerprint density at radius 2 is 1.94 bits per heavy atom. The van der Waals surface area contributed by atoms with Crippen LogP contribution in [0.1, 0.15) is 19.3 Å². The molecule has 1 fully saturated rings. The first-order valence-electron chi connectivity index (χ1n) is 6.03. The highest BCUT2D eigenvalue weighted by molar-refractivity contribution is 7.85. The molecule has 4 nitrogen and oxygen atoms in total. The maximum atomic E-state index is 12.3. The summed E-state index contributed by atoms with van der Waals surface area (Å²) < 4.78 is 12.3. The van der Waals surface area contributed by atoms with E-state index in [4.69, 9.17) is 10.8 Å². The first kappa shape index (κ1) is 13.2. The van der Waals surface area contributed by atoms with E-state index in [0.29, 0.717) is 19.3 Å². The van der Waals surface area contributed by atoms with E-state index in [1.165, 1.54) is 0 Å². The van der Waals surface area contributed by atoms with Crippen LogP contribution in [0.5, 0.6) is 0 Å². The van der Waals surface area contributed by atoms with Crippen molar-refractivity contribution in [2.75, 3.05) is 0 Å². The Bertz CT molecular complexity index is 449. The van der Waals surface area contributed by atoms with E-state index in [9.17, 15) is 9.00 Å². The number of carbonyl (C=O) groups is 1. The molecule has 3 N–H and O–H groups in total. The Balaban J connectivity index is 2.05. The van der Waals surface area contributed by atoms with Crippen molar-refractivity contribution >= 4 is 16.8 Å². The minimum atomic E-state index is -1.09. The van der Waals surface area contributed by atoms with Gasteiger partial charge >= 0.3 is 5.97 Å². The molecule has 0 spiro atoms. The molecule has 4 unspecified atom stereocenters. The third-order valence-corrected chi connectivity index (χ3v) is 5.22. The van der Waals surface area contributed by atoms with Crippen molar-refractivity contribution in [1.29, 1.82) is 0 Å². The predicted octanol–water partition coefficient (Wildman–Crippen LogP) is 1.37. The summed E-state index contributed by atoms with van der Waals surface area (Å²) in [5, 5.41) is 8.97. The number of hydrogen-bond acceptors (Lipinski definition) is 3. The SMILES string of the molecule is NC1CC(S(=O)c2ccccc2)CCC1C(=O)O. The van der Waals surface area contributed by atoms with Crippen LogP contribution < -0.4 is 5.73 Å². The van der Waals surface area contributed by atoms with Gasteiger partial charge in [-0.15, -0.1) is 0 Å². The van der Waals surface area contributed by atoms with Gasteiger partial charge in [0.25, 0.3) is 0 Å². The fourth-order valence-electron chi connectivity index (χ4n) is 2.41. The van der Waals surface area contributed by atoms with Crippen molar-refractivity contribution < 1.29 is 14.1 Å². The molecule has 0 radical (unpaired) electrons. The first-order chi connectivity index (χ1) is 8.59. The molecule has 5 heteroatoms. The number of hydrogen-bond donors (Lipinski definition) is 2. The van der Waals surface area contributed by atoms with E-state index < -0.39 is 28.7 Å². The second kappa shape index (κ2) is 5.63. The minimum Gasteiger partial charge on any atom is -0.481 e. The van der Waals surface area contributed by atoms with Gasteiger partial charge in [-0.1, -0.05) is 18.2 Å². The van der Waals surface area contributed by atoms with Gasteiger partial charge in [-0.05, 0) is 31.4 Å². The van der Waals surface area contributed by atoms with Gasteiger partial charge in [-0.25, -0.2) is 0 Å². The van der Waals surface area contributed by atoms with Crippen LogP contribution in [-0.4, -0.2) is 26.6 Å². The zero-order chi connectivity index (χ0) is 13.1. The maximum absolute atomic E-state index is 12.3. The van der Waals surface area contributed by atoms with Gasteiger partial charge in [0.2, 0.25) is 0 Å². The van der Waals surface area contributed by atoms with Crippen molar-refractivity contribution in [3.8, 4) is 0 Å². The Hall–Kier alpha value is -1.20. The highest BCUT2D eigenvalue weighted by atomic mass is 32.2. The van der Waals surface area contributed by atoms with Gasteiger partial charge in [-0.3, -0.25) is 9.00 Å². The quantitative estimate of drug-likeness (QED) is 0.867. The summed E-state index contributed by atoms with van der Waals surface area (Å²) in [4.78, 5) is 11.8. The highest BCUT2D eigenvalue weighted by Crippen LogP contribution is 2.29. The molecule has 0 bridgehead atoms. The van der Waals surface area contributed by atoms with Crippen molar-refractivity contribution in [3.05, 3.63) is 30.3 Å². The van der Waals surface area contributed by atoms with Gasteiger partial charge in [0.15, 0.2) is 0 Å². The minimum absolute atomic E-state index is 0.0296. The normalized spacial score (nSPS) is 29.7. The Kier molecular flexibility index (Phi) is 4.14. The molecule has 0 amide bonds. The monoisotopic (exact) mass is 267 g/mol. The Morgan fingerprint density at radius 3 is 2.50 bits per heavy atom. The number of benzene rings is 1. The number of carboxylic acids is 1. The lowest BCUT2D eigenvalue weighted by Gasteiger charge is -2.30. The van der Waals surface area contributed by atoms with Crippen LogP contribution in [0.25, 0.3) is 0 Å². The molecule has 2 rings (SSSR count). The Morgan fingerprint density at radius 1 is 1.28 bits per heavy atom. The molecular weight excluding hydrogens is 250 g/mol. The molecule has 1 aliphatic carbocycles. The zero-order valence-corrected chi connectivity index (χ0v) is 10.8. The van der Waals surface area contributed by atoms with E-state index in [0.717, 1.165) is 4.90 Å². The van der Waals surface area contributed by atoms with Crippen molar-refractivity contribution in [1.82, 2.24) is 0 Å². The van der Waals surface area contributed by atoms with Gasteiger partial charge in [0.05, 0.1) is 16.7 Å². The number of carboxylic acid groups (broad SMARTS) is 1. The molecule has 4 atom stereocenters. The number of aliphatic carboxylic acids is 1. The van der Waals surface area contributed by atoms with E-state index in [2.05, 4.69) is 0 Å². The molecule has 1 aromatic rings. The molecule has 1 saturated carbocycles. The average Bonchev–Trinajstić information content (AvgIpc) is 2.38. The van der Waals surface area contributed by atoms with Crippen LogP contribution in [-0.2, 0) is 15.6 Å². The van der Waals surface area contributed by atoms with Crippen LogP contribution in [0.4, 0.5) is 0 Å². The molecule has 0 aliphatic heterocycles. The molecule has 0 aromatic heterocycles. The smallest absolute Gasteiger partial charge is 0.308 e. The average molecular weight is 267 g/mol. The lowest BCUT2D eigenvalue weighted by atomic mass is 9.85. The van der Waals surface area contributed by atoms with Gasteiger partial charge < -0.3 is 10.8 Å². The van der Waals surface area contributed by atoms with E-state index in [1.54, 1.807) is 0 Å². The van der Waals surface area contributed by atoms with Gasteiger partial charge in [0.1, 0.15) is 0 Å². The lowest BCUT2D eigenvalue weighted by Crippen LogP contribution is -2.43. The summed E-state index contributed by atoms with van der Waals surface area (Å²) in [6.45, 7) is 0. The van der Waals surface area contributed by atoms with Crippen LogP contribution in [0.3, 0.4) is 0 Å². The standard InChI is InChI=1S/C13H17NO3S/c14-12-8-10(6-7-11(12)13(15)16)18(17)9-4-2-1-3-5-9/h1-5,10-12H,6-8,14H2,(H,15,16). The summed E-state index contributed by atoms with van der Waals surface area (Å²) in [5.74, 6) is -1.33.